The zero-order chi connectivity index (χ0) is 12.5. The van der Waals surface area contributed by atoms with Gasteiger partial charge in [-0.25, -0.2) is 9.07 Å². The summed E-state index contributed by atoms with van der Waals surface area (Å²) in [5.41, 5.74) is 1.15. The van der Waals surface area contributed by atoms with E-state index in [0.29, 0.717) is 18.3 Å². The number of hydrogen-bond acceptors (Lipinski definition) is 3. The Balaban J connectivity index is 1.90. The van der Waals surface area contributed by atoms with E-state index in [-0.39, 0.29) is 5.02 Å². The smallest absolute Gasteiger partial charge is 0.167 e. The van der Waals surface area contributed by atoms with Crippen molar-refractivity contribution in [1.82, 2.24) is 20.3 Å². The predicted octanol–water partition coefficient (Wildman–Crippen LogP) is 2.31. The SMILES string of the molecule is Fc1c(Cl)cccc1-n1nncc1CNC1CC1. The average molecular weight is 267 g/mol. The molecule has 0 spiro atoms. The van der Waals surface area contributed by atoms with Crippen LogP contribution < -0.4 is 5.32 Å². The Bertz CT molecular complexity index is 565. The van der Waals surface area contributed by atoms with Gasteiger partial charge < -0.3 is 5.32 Å². The topological polar surface area (TPSA) is 42.7 Å². The van der Waals surface area contributed by atoms with Crippen LogP contribution in [-0.4, -0.2) is 21.0 Å². The Morgan fingerprint density at radius 2 is 2.28 bits per heavy atom. The summed E-state index contributed by atoms with van der Waals surface area (Å²) in [6, 6.07) is 5.42. The Morgan fingerprint density at radius 1 is 1.44 bits per heavy atom. The minimum atomic E-state index is -0.475. The first-order chi connectivity index (χ1) is 8.75. The van der Waals surface area contributed by atoms with E-state index in [1.165, 1.54) is 23.6 Å². The van der Waals surface area contributed by atoms with Gasteiger partial charge in [-0.1, -0.05) is 22.9 Å². The minimum absolute atomic E-state index is 0.0871. The van der Waals surface area contributed by atoms with Gasteiger partial charge in [0.15, 0.2) is 5.82 Å². The number of hydrogen-bond donors (Lipinski definition) is 1. The van der Waals surface area contributed by atoms with E-state index in [1.807, 2.05) is 0 Å². The summed E-state index contributed by atoms with van der Waals surface area (Å²) < 4.78 is 15.4. The van der Waals surface area contributed by atoms with Crippen molar-refractivity contribution in [3.63, 3.8) is 0 Å². The maximum absolute atomic E-state index is 13.9. The molecule has 0 aliphatic heterocycles. The van der Waals surface area contributed by atoms with Crippen LogP contribution in [-0.2, 0) is 6.54 Å². The molecule has 1 fully saturated rings. The summed E-state index contributed by atoms with van der Waals surface area (Å²) >= 11 is 5.77. The highest BCUT2D eigenvalue weighted by molar-refractivity contribution is 6.30. The van der Waals surface area contributed by atoms with Crippen LogP contribution in [0.3, 0.4) is 0 Å². The number of benzene rings is 1. The van der Waals surface area contributed by atoms with Crippen LogP contribution in [0, 0.1) is 5.82 Å². The standard InChI is InChI=1S/C12H12ClFN4/c13-10-2-1-3-11(12(10)14)18-9(7-16-17-18)6-15-8-4-5-8/h1-3,7-8,15H,4-6H2. The molecule has 6 heteroatoms. The normalized spacial score (nSPS) is 15.0. The summed E-state index contributed by atoms with van der Waals surface area (Å²) in [5, 5.41) is 11.2. The average Bonchev–Trinajstić information content (AvgIpc) is 3.08. The summed E-state index contributed by atoms with van der Waals surface area (Å²) in [6.45, 7) is 0.629. The molecule has 0 bridgehead atoms. The molecule has 1 saturated carbocycles. The van der Waals surface area contributed by atoms with Gasteiger partial charge in [0.1, 0.15) is 5.69 Å². The van der Waals surface area contributed by atoms with Gasteiger partial charge in [0.25, 0.3) is 0 Å². The van der Waals surface area contributed by atoms with Gasteiger partial charge in [0.2, 0.25) is 0 Å². The quantitative estimate of drug-likeness (QED) is 0.923. The molecule has 2 aromatic rings. The van der Waals surface area contributed by atoms with Crippen molar-refractivity contribution >= 4 is 11.6 Å². The first kappa shape index (κ1) is 11.6. The van der Waals surface area contributed by atoms with Crippen LogP contribution in [0.5, 0.6) is 0 Å². The molecular weight excluding hydrogens is 255 g/mol. The van der Waals surface area contributed by atoms with E-state index in [0.717, 1.165) is 5.69 Å². The van der Waals surface area contributed by atoms with Crippen molar-refractivity contribution in [2.75, 3.05) is 0 Å². The molecule has 3 rings (SSSR count). The molecule has 18 heavy (non-hydrogen) atoms. The van der Waals surface area contributed by atoms with Crippen molar-refractivity contribution in [1.29, 1.82) is 0 Å². The summed E-state index contributed by atoms with van der Waals surface area (Å²) in [4.78, 5) is 0. The Labute approximate surface area is 109 Å². The number of aromatic nitrogens is 3. The molecule has 94 valence electrons. The first-order valence-corrected chi connectivity index (χ1v) is 6.21. The van der Waals surface area contributed by atoms with Crippen LogP contribution in [0.2, 0.25) is 5.02 Å². The van der Waals surface area contributed by atoms with Crippen molar-refractivity contribution < 1.29 is 4.39 Å². The van der Waals surface area contributed by atoms with Gasteiger partial charge in [-0.3, -0.25) is 0 Å². The van der Waals surface area contributed by atoms with Crippen LogP contribution in [0.15, 0.2) is 24.4 Å². The highest BCUT2D eigenvalue weighted by Gasteiger charge is 2.21. The molecule has 4 nitrogen and oxygen atoms in total. The van der Waals surface area contributed by atoms with Crippen LogP contribution >= 0.6 is 11.6 Å². The van der Waals surface area contributed by atoms with Crippen molar-refractivity contribution in [3.05, 3.63) is 40.9 Å². The Kier molecular flexibility index (Phi) is 3.01. The molecule has 0 radical (unpaired) electrons. The number of nitrogens with zero attached hydrogens (tertiary/aromatic N) is 3. The van der Waals surface area contributed by atoms with Crippen LogP contribution in [0.25, 0.3) is 5.69 Å². The number of halogens is 2. The predicted molar refractivity (Wildman–Crippen MR) is 66.2 cm³/mol. The van der Waals surface area contributed by atoms with Crippen molar-refractivity contribution in [2.45, 2.75) is 25.4 Å². The second kappa shape index (κ2) is 4.66. The summed E-state index contributed by atoms with van der Waals surface area (Å²) in [5.74, 6) is -0.475. The maximum Gasteiger partial charge on any atom is 0.167 e. The van der Waals surface area contributed by atoms with E-state index in [9.17, 15) is 4.39 Å². The zero-order valence-corrected chi connectivity index (χ0v) is 10.4. The van der Waals surface area contributed by atoms with Gasteiger partial charge in [-0.05, 0) is 25.0 Å². The third-order valence-electron chi connectivity index (χ3n) is 2.93. The fraction of sp³-hybridized carbons (Fsp3) is 0.333. The van der Waals surface area contributed by atoms with Gasteiger partial charge in [-0.15, -0.1) is 5.10 Å². The molecule has 1 aliphatic carbocycles. The Morgan fingerprint density at radius 3 is 3.06 bits per heavy atom. The lowest BCUT2D eigenvalue weighted by Crippen LogP contribution is -2.18. The van der Waals surface area contributed by atoms with Crippen LogP contribution in [0.4, 0.5) is 4.39 Å². The third kappa shape index (κ3) is 2.23. The van der Waals surface area contributed by atoms with Gasteiger partial charge in [0.05, 0.1) is 16.9 Å². The van der Waals surface area contributed by atoms with E-state index in [1.54, 1.807) is 18.3 Å². The lowest BCUT2D eigenvalue weighted by Gasteiger charge is -2.08. The Hall–Kier alpha value is -1.46. The molecule has 0 unspecified atom stereocenters. The molecule has 0 atom stereocenters. The second-order valence-electron chi connectivity index (χ2n) is 4.37. The maximum atomic E-state index is 13.9. The lowest BCUT2D eigenvalue weighted by molar-refractivity contribution is 0.592. The number of nitrogens with one attached hydrogen (secondary N) is 1. The van der Waals surface area contributed by atoms with E-state index >= 15 is 0 Å². The van der Waals surface area contributed by atoms with E-state index < -0.39 is 5.82 Å². The highest BCUT2D eigenvalue weighted by Crippen LogP contribution is 2.22. The molecule has 0 amide bonds. The third-order valence-corrected chi connectivity index (χ3v) is 3.22. The fourth-order valence-corrected chi connectivity index (χ4v) is 1.94. The molecule has 1 aromatic carbocycles. The fourth-order valence-electron chi connectivity index (χ4n) is 1.77. The lowest BCUT2D eigenvalue weighted by atomic mass is 10.3. The van der Waals surface area contributed by atoms with Gasteiger partial charge in [0, 0.05) is 12.6 Å². The molecule has 0 saturated heterocycles. The highest BCUT2D eigenvalue weighted by atomic mass is 35.5. The van der Waals surface area contributed by atoms with E-state index in [4.69, 9.17) is 11.6 Å². The first-order valence-electron chi connectivity index (χ1n) is 5.83. The second-order valence-corrected chi connectivity index (χ2v) is 4.77. The molecule has 1 heterocycles. The number of rotatable bonds is 4. The van der Waals surface area contributed by atoms with Crippen molar-refractivity contribution in [3.8, 4) is 5.69 Å². The summed E-state index contributed by atoms with van der Waals surface area (Å²) in [6.07, 6.45) is 4.04. The monoisotopic (exact) mass is 266 g/mol. The molecule has 1 aliphatic rings. The summed E-state index contributed by atoms with van der Waals surface area (Å²) in [7, 11) is 0. The van der Waals surface area contributed by atoms with Crippen molar-refractivity contribution in [2.24, 2.45) is 0 Å². The van der Waals surface area contributed by atoms with Gasteiger partial charge in [-0.2, -0.15) is 0 Å². The molecule has 1 aromatic heterocycles. The largest absolute Gasteiger partial charge is 0.308 e. The van der Waals surface area contributed by atoms with E-state index in [2.05, 4.69) is 15.6 Å². The molecular formula is C12H12ClFN4. The van der Waals surface area contributed by atoms with Crippen LogP contribution in [0.1, 0.15) is 18.5 Å². The van der Waals surface area contributed by atoms with Gasteiger partial charge >= 0.3 is 0 Å². The minimum Gasteiger partial charge on any atom is -0.308 e. The zero-order valence-electron chi connectivity index (χ0n) is 9.61. The molecule has 1 N–H and O–H groups in total.